The summed E-state index contributed by atoms with van der Waals surface area (Å²) in [7, 11) is 1.61. The van der Waals surface area contributed by atoms with Gasteiger partial charge in [-0.1, -0.05) is 72.8 Å². The fraction of sp³-hybridized carbons (Fsp3) is 0.182. The van der Waals surface area contributed by atoms with Crippen molar-refractivity contribution in [2.75, 3.05) is 19.0 Å². The molecule has 0 radical (unpaired) electrons. The Morgan fingerprint density at radius 1 is 0.881 bits per heavy atom. The largest absolute Gasteiger partial charge is 0.497 e. The molecule has 0 spiro atoms. The van der Waals surface area contributed by atoms with Crippen molar-refractivity contribution in [2.24, 2.45) is 10.7 Å². The van der Waals surface area contributed by atoms with Gasteiger partial charge in [0.2, 0.25) is 0 Å². The van der Waals surface area contributed by atoms with Gasteiger partial charge in [0.15, 0.2) is 5.96 Å². The number of aliphatic carboxylic acids is 1. The van der Waals surface area contributed by atoms with Crippen LogP contribution in [0.4, 0.5) is 10.5 Å². The number of alkyl carbamates (subject to hydrolysis) is 1. The van der Waals surface area contributed by atoms with Gasteiger partial charge in [0.05, 0.1) is 13.7 Å². The van der Waals surface area contributed by atoms with Crippen LogP contribution < -0.4 is 21.1 Å². The first-order valence-electron chi connectivity index (χ1n) is 13.5. The third-order valence-electron chi connectivity index (χ3n) is 7.19. The average Bonchev–Trinajstić information content (AvgIpc) is 3.33. The van der Waals surface area contributed by atoms with Gasteiger partial charge in [-0.15, -0.1) is 0 Å². The fourth-order valence-corrected chi connectivity index (χ4v) is 5.04. The second kappa shape index (κ2) is 12.9. The van der Waals surface area contributed by atoms with Crippen molar-refractivity contribution >= 4 is 23.7 Å². The molecule has 0 aliphatic heterocycles. The lowest BCUT2D eigenvalue weighted by Crippen LogP contribution is -2.42. The molecule has 0 heterocycles. The number of rotatable bonds is 10. The maximum atomic E-state index is 12.7. The summed E-state index contributed by atoms with van der Waals surface area (Å²) in [6, 6.07) is 29.5. The van der Waals surface area contributed by atoms with Crippen LogP contribution in [0, 0.1) is 0 Å². The molecule has 0 fully saturated rings. The number of nitrogens with two attached hydrogens (primary N) is 1. The molecule has 5 rings (SSSR count). The van der Waals surface area contributed by atoms with E-state index >= 15 is 0 Å². The number of aliphatic imine (C=N–C) groups is 1. The first kappa shape index (κ1) is 28.2. The summed E-state index contributed by atoms with van der Waals surface area (Å²) in [5.74, 6) is -0.245. The summed E-state index contributed by atoms with van der Waals surface area (Å²) in [6.07, 6.45) is -0.690. The minimum absolute atomic E-state index is 0.0842. The minimum atomic E-state index is -1.16. The average molecular weight is 565 g/mol. The summed E-state index contributed by atoms with van der Waals surface area (Å²) >= 11 is 0. The van der Waals surface area contributed by atoms with E-state index in [1.165, 1.54) is 0 Å². The molecule has 1 atom stereocenters. The van der Waals surface area contributed by atoms with E-state index in [1.807, 2.05) is 60.7 Å². The molecule has 4 aromatic carbocycles. The molecule has 1 aliphatic carbocycles. The number of methoxy groups -OCH3 is 1. The van der Waals surface area contributed by atoms with Crippen LogP contribution in [0.3, 0.4) is 0 Å². The fourth-order valence-electron chi connectivity index (χ4n) is 5.04. The van der Waals surface area contributed by atoms with Gasteiger partial charge < -0.3 is 30.9 Å². The Bertz CT molecular complexity index is 1540. The predicted molar refractivity (Wildman–Crippen MR) is 162 cm³/mol. The summed E-state index contributed by atoms with van der Waals surface area (Å²) < 4.78 is 10.7. The number of hydrogen-bond donors (Lipinski definition) is 4. The van der Waals surface area contributed by atoms with Gasteiger partial charge in [-0.3, -0.25) is 0 Å². The maximum Gasteiger partial charge on any atom is 0.407 e. The number of benzene rings is 4. The Kier molecular flexibility index (Phi) is 8.67. The molecule has 5 N–H and O–H groups in total. The molecule has 42 heavy (non-hydrogen) atoms. The monoisotopic (exact) mass is 564 g/mol. The zero-order chi connectivity index (χ0) is 29.5. The summed E-state index contributed by atoms with van der Waals surface area (Å²) in [6.45, 7) is 0.511. The van der Waals surface area contributed by atoms with E-state index in [0.29, 0.717) is 12.2 Å². The quantitative estimate of drug-likeness (QED) is 0.154. The number of hydrogen-bond acceptors (Lipinski definition) is 5. The summed E-state index contributed by atoms with van der Waals surface area (Å²) in [5.41, 5.74) is 12.8. The molecule has 9 heteroatoms. The van der Waals surface area contributed by atoms with Gasteiger partial charge in [-0.05, 0) is 57.6 Å². The third-order valence-corrected chi connectivity index (χ3v) is 7.19. The second-order valence-electron chi connectivity index (χ2n) is 9.94. The van der Waals surface area contributed by atoms with Crippen molar-refractivity contribution in [3.8, 4) is 16.9 Å². The SMILES string of the molecule is COc1ccc(C/N=C(\N)Nc2ccc(C[C@H](NC(=O)OCC3c4ccccc4-c4ccccc43)C(=O)O)cc2)cc1. The van der Waals surface area contributed by atoms with Gasteiger partial charge in [0.1, 0.15) is 18.4 Å². The number of anilines is 1. The van der Waals surface area contributed by atoms with Crippen LogP contribution in [0.25, 0.3) is 11.1 Å². The predicted octanol–water partition coefficient (Wildman–Crippen LogP) is 5.16. The van der Waals surface area contributed by atoms with E-state index < -0.39 is 18.1 Å². The first-order valence-corrected chi connectivity index (χ1v) is 13.5. The van der Waals surface area contributed by atoms with Crippen molar-refractivity contribution in [3.05, 3.63) is 119 Å². The Labute approximate surface area is 244 Å². The minimum Gasteiger partial charge on any atom is -0.497 e. The highest BCUT2D eigenvalue weighted by molar-refractivity contribution is 5.92. The topological polar surface area (TPSA) is 135 Å². The number of fused-ring (bicyclic) bond motifs is 3. The molecular weight excluding hydrogens is 532 g/mol. The standard InChI is InChI=1S/C33H32N4O5/c1-41-24-16-12-22(13-17-24)19-35-32(34)36-23-14-10-21(11-15-23)18-30(31(38)39)37-33(40)42-20-29-27-8-4-2-6-25(27)26-7-3-5-9-28(26)29/h2-17,29-30H,18-20H2,1H3,(H,37,40)(H,38,39)(H3,34,35,36)/t30-/m0/s1. The number of ether oxygens (including phenoxy) is 2. The molecular formula is C33H32N4O5. The van der Waals surface area contributed by atoms with Gasteiger partial charge in [-0.2, -0.15) is 0 Å². The van der Waals surface area contributed by atoms with E-state index in [4.69, 9.17) is 15.2 Å². The van der Waals surface area contributed by atoms with Gasteiger partial charge in [-0.25, -0.2) is 14.6 Å². The lowest BCUT2D eigenvalue weighted by Gasteiger charge is -2.18. The van der Waals surface area contributed by atoms with Crippen LogP contribution in [0.2, 0.25) is 0 Å². The van der Waals surface area contributed by atoms with Crippen LogP contribution in [-0.2, 0) is 22.5 Å². The number of carboxylic acid groups (broad SMARTS) is 1. The summed E-state index contributed by atoms with van der Waals surface area (Å²) in [4.78, 5) is 28.9. The first-order chi connectivity index (χ1) is 20.4. The number of amides is 1. The van der Waals surface area contributed by atoms with Gasteiger partial charge in [0, 0.05) is 18.0 Å². The molecule has 1 aliphatic rings. The number of carboxylic acids is 1. The molecule has 0 bridgehead atoms. The van der Waals surface area contributed by atoms with E-state index in [2.05, 4.69) is 27.8 Å². The lowest BCUT2D eigenvalue weighted by atomic mass is 9.98. The molecule has 214 valence electrons. The molecule has 0 unspecified atom stereocenters. The van der Waals surface area contributed by atoms with Crippen molar-refractivity contribution in [3.63, 3.8) is 0 Å². The van der Waals surface area contributed by atoms with E-state index in [-0.39, 0.29) is 24.9 Å². The zero-order valence-corrected chi connectivity index (χ0v) is 23.1. The van der Waals surface area contributed by atoms with Crippen molar-refractivity contribution in [2.45, 2.75) is 24.9 Å². The Hall–Kier alpha value is -5.31. The molecule has 0 saturated carbocycles. The van der Waals surface area contributed by atoms with Crippen LogP contribution in [0.15, 0.2) is 102 Å². The van der Waals surface area contributed by atoms with Crippen molar-refractivity contribution in [1.82, 2.24) is 5.32 Å². The number of carbonyl (C=O) groups excluding carboxylic acids is 1. The molecule has 1 amide bonds. The van der Waals surface area contributed by atoms with E-state index in [9.17, 15) is 14.7 Å². The highest BCUT2D eigenvalue weighted by Crippen LogP contribution is 2.44. The molecule has 0 saturated heterocycles. The maximum absolute atomic E-state index is 12.7. The number of guanidine groups is 1. The smallest absolute Gasteiger partial charge is 0.407 e. The van der Waals surface area contributed by atoms with Gasteiger partial charge >= 0.3 is 12.1 Å². The van der Waals surface area contributed by atoms with E-state index in [1.54, 1.807) is 31.4 Å². The molecule has 4 aromatic rings. The Morgan fingerprint density at radius 3 is 2.07 bits per heavy atom. The summed E-state index contributed by atoms with van der Waals surface area (Å²) in [5, 5.41) is 15.3. The van der Waals surface area contributed by atoms with Crippen LogP contribution >= 0.6 is 0 Å². The highest BCUT2D eigenvalue weighted by Gasteiger charge is 2.29. The molecule has 0 aromatic heterocycles. The normalized spacial score (nSPS) is 13.0. The Morgan fingerprint density at radius 2 is 1.48 bits per heavy atom. The van der Waals surface area contributed by atoms with Crippen molar-refractivity contribution in [1.29, 1.82) is 0 Å². The van der Waals surface area contributed by atoms with Crippen LogP contribution in [-0.4, -0.2) is 42.9 Å². The number of carbonyl (C=O) groups is 2. The van der Waals surface area contributed by atoms with Crippen molar-refractivity contribution < 1.29 is 24.2 Å². The molecule has 9 nitrogen and oxygen atoms in total. The van der Waals surface area contributed by atoms with Gasteiger partial charge in [0.25, 0.3) is 0 Å². The number of nitrogens with zero attached hydrogens (tertiary/aromatic N) is 1. The lowest BCUT2D eigenvalue weighted by molar-refractivity contribution is -0.139. The number of nitrogens with one attached hydrogen (secondary N) is 2. The van der Waals surface area contributed by atoms with Crippen LogP contribution in [0.5, 0.6) is 5.75 Å². The highest BCUT2D eigenvalue weighted by atomic mass is 16.5. The zero-order valence-electron chi connectivity index (χ0n) is 23.1. The second-order valence-corrected chi connectivity index (χ2v) is 9.94. The Balaban J connectivity index is 1.14. The van der Waals surface area contributed by atoms with E-state index in [0.717, 1.165) is 39.1 Å². The van der Waals surface area contributed by atoms with Crippen LogP contribution in [0.1, 0.15) is 28.2 Å². The third kappa shape index (κ3) is 6.69.